The molecule has 0 aliphatic carbocycles. The van der Waals surface area contributed by atoms with E-state index in [-0.39, 0.29) is 0 Å². The van der Waals surface area contributed by atoms with Crippen LogP contribution in [0, 0.1) is 0 Å². The zero-order valence-electron chi connectivity index (χ0n) is 23.5. The highest BCUT2D eigenvalue weighted by atomic mass is 16.5. The number of esters is 2. The largest absolute Gasteiger partial charge is 0.496 e. The molecule has 4 aromatic carbocycles. The fraction of sp³-hybridized carbons (Fsp3) is 0.129. The van der Waals surface area contributed by atoms with E-state index >= 15 is 0 Å². The smallest absolute Gasteiger partial charge is 0.337 e. The highest BCUT2D eigenvalue weighted by Gasteiger charge is 2.14. The van der Waals surface area contributed by atoms with Crippen LogP contribution in [0.5, 0.6) is 11.5 Å². The minimum Gasteiger partial charge on any atom is -0.496 e. The average molecular weight is 568 g/mol. The quantitative estimate of drug-likeness (QED) is 0.214. The number of tetrazole rings is 1. The summed E-state index contributed by atoms with van der Waals surface area (Å²) in [5, 5.41) is 11.1. The molecule has 0 unspecified atom stereocenters. The molecule has 214 valence electrons. The number of ether oxygens (including phenoxy) is 4. The monoisotopic (exact) mass is 567 g/mol. The Morgan fingerprint density at radius 2 is 1.21 bits per heavy atom. The molecule has 2 N–H and O–H groups in total. The maximum atomic E-state index is 12.0. The van der Waals surface area contributed by atoms with Crippen LogP contribution >= 0.6 is 0 Å². The molecule has 0 atom stereocenters. The summed E-state index contributed by atoms with van der Waals surface area (Å²) in [5.74, 6) is 0.584. The van der Waals surface area contributed by atoms with Crippen molar-refractivity contribution in [3.8, 4) is 39.4 Å². The van der Waals surface area contributed by atoms with Crippen molar-refractivity contribution in [2.24, 2.45) is 0 Å². The second kappa shape index (κ2) is 13.6. The minimum absolute atomic E-state index is 0.404. The molecule has 0 fully saturated rings. The fourth-order valence-electron chi connectivity index (χ4n) is 4.22. The summed E-state index contributed by atoms with van der Waals surface area (Å²) in [6.07, 6.45) is 1.46. The second-order valence-electron chi connectivity index (χ2n) is 8.75. The van der Waals surface area contributed by atoms with Crippen molar-refractivity contribution in [1.82, 2.24) is 20.2 Å². The number of carbonyl (C=O) groups is 2. The lowest BCUT2D eigenvalue weighted by Gasteiger charge is -2.11. The number of rotatable bonds is 7. The summed E-state index contributed by atoms with van der Waals surface area (Å²) in [6.45, 7) is 0. The van der Waals surface area contributed by atoms with Crippen LogP contribution in [0.2, 0.25) is 0 Å². The highest BCUT2D eigenvalue weighted by molar-refractivity contribution is 5.93. The van der Waals surface area contributed by atoms with Gasteiger partial charge in [-0.1, -0.05) is 36.4 Å². The van der Waals surface area contributed by atoms with E-state index in [1.165, 1.54) is 25.2 Å². The number of nitrogens with zero attached hydrogens (tertiary/aromatic N) is 4. The number of para-hydroxylation sites is 2. The van der Waals surface area contributed by atoms with E-state index in [1.807, 2.05) is 54.6 Å². The Hall–Kier alpha value is -5.71. The third kappa shape index (κ3) is 6.70. The van der Waals surface area contributed by atoms with Gasteiger partial charge in [0.1, 0.15) is 17.8 Å². The van der Waals surface area contributed by atoms with Gasteiger partial charge in [0.05, 0.1) is 45.3 Å². The van der Waals surface area contributed by atoms with Gasteiger partial charge in [0.2, 0.25) is 0 Å². The van der Waals surface area contributed by atoms with Gasteiger partial charge in [0, 0.05) is 16.8 Å². The number of aromatic nitrogens is 4. The zero-order valence-corrected chi connectivity index (χ0v) is 23.5. The van der Waals surface area contributed by atoms with Gasteiger partial charge in [-0.15, -0.1) is 5.10 Å². The van der Waals surface area contributed by atoms with Crippen molar-refractivity contribution in [3.63, 3.8) is 0 Å². The SMILES string of the molecule is COC(=O)c1cc(-c2ccccc2OC)cc(-n2cnnn2)c1.COC(=O)c1cc(N)cc(-c2ccccc2OC)c1. The minimum atomic E-state index is -0.434. The maximum absolute atomic E-state index is 12.0. The molecule has 0 aliphatic rings. The Bertz CT molecular complexity index is 1690. The molecule has 0 aliphatic heterocycles. The zero-order chi connectivity index (χ0) is 30.1. The predicted molar refractivity (Wildman–Crippen MR) is 157 cm³/mol. The van der Waals surface area contributed by atoms with E-state index in [4.69, 9.17) is 24.7 Å². The molecule has 0 radical (unpaired) electrons. The molecule has 11 heteroatoms. The number of nitrogen functional groups attached to an aromatic ring is 1. The number of hydrogen-bond donors (Lipinski definition) is 1. The number of hydrogen-bond acceptors (Lipinski definition) is 10. The van der Waals surface area contributed by atoms with E-state index in [9.17, 15) is 9.59 Å². The van der Waals surface area contributed by atoms with Crippen LogP contribution in [0.25, 0.3) is 27.9 Å². The van der Waals surface area contributed by atoms with Gasteiger partial charge in [-0.25, -0.2) is 14.3 Å². The molecule has 0 spiro atoms. The van der Waals surface area contributed by atoms with Crippen molar-refractivity contribution in [2.75, 3.05) is 34.2 Å². The molecule has 42 heavy (non-hydrogen) atoms. The van der Waals surface area contributed by atoms with E-state index in [2.05, 4.69) is 15.5 Å². The molecule has 0 saturated heterocycles. The van der Waals surface area contributed by atoms with Gasteiger partial charge in [-0.3, -0.25) is 0 Å². The van der Waals surface area contributed by atoms with Crippen LogP contribution in [0.15, 0.2) is 91.3 Å². The fourth-order valence-corrected chi connectivity index (χ4v) is 4.22. The third-order valence-electron chi connectivity index (χ3n) is 6.16. The van der Waals surface area contributed by atoms with E-state index in [0.717, 1.165) is 28.0 Å². The average Bonchev–Trinajstić information content (AvgIpc) is 3.59. The summed E-state index contributed by atoms with van der Waals surface area (Å²) in [5.41, 5.74) is 11.2. The van der Waals surface area contributed by atoms with Crippen molar-refractivity contribution < 1.29 is 28.5 Å². The highest BCUT2D eigenvalue weighted by Crippen LogP contribution is 2.33. The standard InChI is InChI=1S/C16H14N4O3.C15H15NO3/c1-22-15-6-4-3-5-14(15)11-7-12(16(21)23-2)9-13(8-11)20-10-17-18-19-20;1-18-14-6-4-3-5-13(14)10-7-11(15(17)19-2)9-12(16)8-10/h3-10H,1-2H3;3-9H,16H2,1-2H3. The number of anilines is 1. The van der Waals surface area contributed by atoms with Crippen molar-refractivity contribution in [2.45, 2.75) is 0 Å². The molecule has 0 amide bonds. The summed E-state index contributed by atoms with van der Waals surface area (Å²) in [4.78, 5) is 23.6. The van der Waals surface area contributed by atoms with Gasteiger partial charge in [0.15, 0.2) is 0 Å². The van der Waals surface area contributed by atoms with Gasteiger partial charge >= 0.3 is 11.9 Å². The van der Waals surface area contributed by atoms with Gasteiger partial charge in [0.25, 0.3) is 0 Å². The van der Waals surface area contributed by atoms with Crippen LogP contribution in [-0.4, -0.2) is 60.6 Å². The molecule has 0 saturated carbocycles. The van der Waals surface area contributed by atoms with E-state index < -0.39 is 11.9 Å². The van der Waals surface area contributed by atoms with Gasteiger partial charge in [-0.05, 0) is 70.1 Å². The van der Waals surface area contributed by atoms with Crippen LogP contribution < -0.4 is 15.2 Å². The number of benzene rings is 4. The summed E-state index contributed by atoms with van der Waals surface area (Å²) in [6, 6.07) is 25.5. The van der Waals surface area contributed by atoms with Gasteiger partial charge < -0.3 is 24.7 Å². The molecule has 0 bridgehead atoms. The predicted octanol–water partition coefficient (Wildman–Crippen LogP) is 4.86. The Morgan fingerprint density at radius 3 is 1.71 bits per heavy atom. The van der Waals surface area contributed by atoms with Gasteiger partial charge in [-0.2, -0.15) is 0 Å². The Labute approximate surface area is 242 Å². The Balaban J connectivity index is 0.000000197. The molecule has 11 nitrogen and oxygen atoms in total. The lowest BCUT2D eigenvalue weighted by molar-refractivity contribution is 0.0592. The Kier molecular flexibility index (Phi) is 9.46. The lowest BCUT2D eigenvalue weighted by Crippen LogP contribution is -2.04. The first-order valence-corrected chi connectivity index (χ1v) is 12.6. The first-order valence-electron chi connectivity index (χ1n) is 12.6. The van der Waals surface area contributed by atoms with Crippen molar-refractivity contribution in [1.29, 1.82) is 0 Å². The van der Waals surface area contributed by atoms with Crippen molar-refractivity contribution >= 4 is 17.6 Å². The molecule has 1 heterocycles. The van der Waals surface area contributed by atoms with Crippen LogP contribution in [0.4, 0.5) is 5.69 Å². The molecule has 5 rings (SSSR count). The first kappa shape index (κ1) is 29.3. The lowest BCUT2D eigenvalue weighted by atomic mass is 10.0. The summed E-state index contributed by atoms with van der Waals surface area (Å²) >= 11 is 0. The van der Waals surface area contributed by atoms with E-state index in [1.54, 1.807) is 44.6 Å². The summed E-state index contributed by atoms with van der Waals surface area (Å²) in [7, 11) is 5.89. The molecular weight excluding hydrogens is 538 g/mol. The third-order valence-corrected chi connectivity index (χ3v) is 6.16. The van der Waals surface area contributed by atoms with Crippen LogP contribution in [-0.2, 0) is 9.47 Å². The maximum Gasteiger partial charge on any atom is 0.337 e. The Morgan fingerprint density at radius 1 is 0.690 bits per heavy atom. The summed E-state index contributed by atoms with van der Waals surface area (Å²) < 4.78 is 21.7. The first-order chi connectivity index (χ1) is 20.4. The number of methoxy groups -OCH3 is 4. The van der Waals surface area contributed by atoms with Crippen LogP contribution in [0.1, 0.15) is 20.7 Å². The topological polar surface area (TPSA) is 141 Å². The van der Waals surface area contributed by atoms with Crippen LogP contribution in [0.3, 0.4) is 0 Å². The number of nitrogens with two attached hydrogens (primary N) is 1. The number of carbonyl (C=O) groups excluding carboxylic acids is 2. The van der Waals surface area contributed by atoms with Crippen molar-refractivity contribution in [3.05, 3.63) is 102 Å². The molecule has 1 aromatic heterocycles. The van der Waals surface area contributed by atoms with E-state index in [0.29, 0.717) is 28.3 Å². The molecular formula is C31H29N5O6. The molecule has 5 aromatic rings. The normalized spacial score (nSPS) is 10.2. The second-order valence-corrected chi connectivity index (χ2v) is 8.75.